The molecule has 1 aromatic carbocycles. The number of benzene rings is 1. The summed E-state index contributed by atoms with van der Waals surface area (Å²) in [6, 6.07) is 9.98. The van der Waals surface area contributed by atoms with Crippen LogP contribution < -0.4 is 10.1 Å². The van der Waals surface area contributed by atoms with Crippen LogP contribution in [0.25, 0.3) is 0 Å². The molecule has 0 spiro atoms. The Kier molecular flexibility index (Phi) is 4.79. The number of carbonyl (C=O) groups excluding carboxylic acids is 1. The highest BCUT2D eigenvalue weighted by Gasteiger charge is 2.10. The van der Waals surface area contributed by atoms with Gasteiger partial charge in [-0.3, -0.25) is 4.79 Å². The van der Waals surface area contributed by atoms with Gasteiger partial charge in [-0.2, -0.15) is 0 Å². The minimum atomic E-state index is -0.0217. The number of ether oxygens (including phenoxy) is 1. The summed E-state index contributed by atoms with van der Waals surface area (Å²) in [6.45, 7) is 6.43. The van der Waals surface area contributed by atoms with E-state index in [9.17, 15) is 4.79 Å². The zero-order valence-electron chi connectivity index (χ0n) is 12.0. The Labute approximate surface area is 123 Å². The molecule has 0 saturated carbocycles. The van der Waals surface area contributed by atoms with Crippen molar-refractivity contribution in [2.24, 2.45) is 0 Å². The second-order valence-corrected chi connectivity index (χ2v) is 5.96. The normalized spacial score (nSPS) is 10.6. The number of aryl methyl sites for hydroxylation is 1. The molecule has 0 saturated heterocycles. The van der Waals surface area contributed by atoms with Crippen molar-refractivity contribution < 1.29 is 9.53 Å². The van der Waals surface area contributed by atoms with Crippen molar-refractivity contribution in [1.29, 1.82) is 0 Å². The van der Waals surface area contributed by atoms with Crippen LogP contribution in [-0.4, -0.2) is 11.9 Å². The molecule has 1 amide bonds. The molecule has 3 nitrogen and oxygen atoms in total. The predicted molar refractivity (Wildman–Crippen MR) is 82.4 cm³/mol. The van der Waals surface area contributed by atoms with E-state index in [-0.39, 0.29) is 11.9 Å². The molecule has 0 atom stereocenters. The summed E-state index contributed by atoms with van der Waals surface area (Å²) in [6.07, 6.45) is 0. The van der Waals surface area contributed by atoms with Gasteiger partial charge in [0.1, 0.15) is 12.4 Å². The molecule has 20 heavy (non-hydrogen) atoms. The summed E-state index contributed by atoms with van der Waals surface area (Å²) in [4.78, 5) is 12.6. The fourth-order valence-electron chi connectivity index (χ4n) is 1.70. The number of carbonyl (C=O) groups is 1. The number of amides is 1. The SMILES string of the molecule is Cc1ccc(OCc2csc(C(=O)NC(C)C)c2)cc1. The van der Waals surface area contributed by atoms with Crippen molar-refractivity contribution in [2.45, 2.75) is 33.4 Å². The summed E-state index contributed by atoms with van der Waals surface area (Å²) in [5, 5.41) is 4.84. The number of nitrogens with one attached hydrogen (secondary N) is 1. The maximum absolute atomic E-state index is 11.8. The third-order valence-electron chi connectivity index (χ3n) is 2.72. The summed E-state index contributed by atoms with van der Waals surface area (Å²) in [5.74, 6) is 0.821. The zero-order chi connectivity index (χ0) is 14.5. The fourth-order valence-corrected chi connectivity index (χ4v) is 2.50. The first-order chi connectivity index (χ1) is 9.54. The van der Waals surface area contributed by atoms with Gasteiger partial charge >= 0.3 is 0 Å². The second kappa shape index (κ2) is 6.57. The lowest BCUT2D eigenvalue weighted by Crippen LogP contribution is -2.29. The highest BCUT2D eigenvalue weighted by atomic mass is 32.1. The van der Waals surface area contributed by atoms with Gasteiger partial charge in [0.05, 0.1) is 4.88 Å². The van der Waals surface area contributed by atoms with E-state index in [0.29, 0.717) is 6.61 Å². The molecule has 106 valence electrons. The van der Waals surface area contributed by atoms with Crippen LogP contribution in [-0.2, 0) is 6.61 Å². The number of hydrogen-bond acceptors (Lipinski definition) is 3. The van der Waals surface area contributed by atoms with Gasteiger partial charge < -0.3 is 10.1 Å². The van der Waals surface area contributed by atoms with Gasteiger partial charge in [-0.05, 0) is 44.4 Å². The van der Waals surface area contributed by atoms with E-state index in [1.54, 1.807) is 0 Å². The lowest BCUT2D eigenvalue weighted by atomic mass is 10.2. The first kappa shape index (κ1) is 14.6. The molecule has 2 aromatic rings. The van der Waals surface area contributed by atoms with Gasteiger partial charge in [0, 0.05) is 11.6 Å². The minimum Gasteiger partial charge on any atom is -0.489 e. The quantitative estimate of drug-likeness (QED) is 0.910. The Bertz CT molecular complexity index is 572. The number of hydrogen-bond donors (Lipinski definition) is 1. The van der Waals surface area contributed by atoms with Crippen LogP contribution in [0.15, 0.2) is 35.7 Å². The smallest absolute Gasteiger partial charge is 0.261 e. The summed E-state index contributed by atoms with van der Waals surface area (Å²) in [7, 11) is 0. The molecule has 0 aliphatic rings. The Morgan fingerprint density at radius 3 is 2.65 bits per heavy atom. The first-order valence-corrected chi connectivity index (χ1v) is 7.50. The molecule has 0 aliphatic carbocycles. The van der Waals surface area contributed by atoms with Crippen molar-refractivity contribution in [1.82, 2.24) is 5.32 Å². The lowest BCUT2D eigenvalue weighted by molar-refractivity contribution is 0.0947. The average Bonchev–Trinajstić information content (AvgIpc) is 2.86. The van der Waals surface area contributed by atoms with E-state index in [1.165, 1.54) is 16.9 Å². The van der Waals surface area contributed by atoms with Gasteiger partial charge in [0.25, 0.3) is 5.91 Å². The van der Waals surface area contributed by atoms with Gasteiger partial charge in [0.2, 0.25) is 0 Å². The third kappa shape index (κ3) is 4.10. The lowest BCUT2D eigenvalue weighted by Gasteiger charge is -2.06. The van der Waals surface area contributed by atoms with Gasteiger partial charge in [-0.1, -0.05) is 17.7 Å². The van der Waals surface area contributed by atoms with E-state index in [2.05, 4.69) is 5.32 Å². The number of rotatable bonds is 5. The molecule has 2 rings (SSSR count). The maximum Gasteiger partial charge on any atom is 0.261 e. The van der Waals surface area contributed by atoms with Gasteiger partial charge in [0.15, 0.2) is 0 Å². The first-order valence-electron chi connectivity index (χ1n) is 6.62. The Balaban J connectivity index is 1.92. The fraction of sp³-hybridized carbons (Fsp3) is 0.312. The van der Waals surface area contributed by atoms with E-state index in [4.69, 9.17) is 4.74 Å². The molecule has 0 fully saturated rings. The molecule has 1 N–H and O–H groups in total. The molecule has 1 heterocycles. The van der Waals surface area contributed by atoms with Crippen molar-refractivity contribution in [2.75, 3.05) is 0 Å². The summed E-state index contributed by atoms with van der Waals surface area (Å²) >= 11 is 1.45. The Hall–Kier alpha value is -1.81. The summed E-state index contributed by atoms with van der Waals surface area (Å²) in [5.41, 5.74) is 2.23. The standard InChI is InChI=1S/C16H19NO2S/c1-11(2)17-16(18)15-8-13(10-20-15)9-19-14-6-4-12(3)5-7-14/h4-8,10-11H,9H2,1-3H3,(H,17,18). The minimum absolute atomic E-state index is 0.0217. The van der Waals surface area contributed by atoms with Crippen molar-refractivity contribution in [3.8, 4) is 5.75 Å². The van der Waals surface area contributed by atoms with Crippen molar-refractivity contribution >= 4 is 17.2 Å². The van der Waals surface area contributed by atoms with Crippen LogP contribution in [0, 0.1) is 6.92 Å². The van der Waals surface area contributed by atoms with Crippen molar-refractivity contribution in [3.63, 3.8) is 0 Å². The zero-order valence-corrected chi connectivity index (χ0v) is 12.8. The van der Waals surface area contributed by atoms with Crippen LogP contribution in [0.3, 0.4) is 0 Å². The van der Waals surface area contributed by atoms with Crippen LogP contribution in [0.4, 0.5) is 0 Å². The van der Waals surface area contributed by atoms with Crippen LogP contribution in [0.2, 0.25) is 0 Å². The topological polar surface area (TPSA) is 38.3 Å². The molecule has 0 bridgehead atoms. The maximum atomic E-state index is 11.8. The van der Waals surface area contributed by atoms with E-state index in [1.807, 2.05) is 56.5 Å². The molecule has 0 unspecified atom stereocenters. The monoisotopic (exact) mass is 289 g/mol. The third-order valence-corrected chi connectivity index (χ3v) is 3.70. The van der Waals surface area contributed by atoms with Crippen LogP contribution >= 0.6 is 11.3 Å². The van der Waals surface area contributed by atoms with E-state index in [0.717, 1.165) is 16.2 Å². The predicted octanol–water partition coefficient (Wildman–Crippen LogP) is 3.77. The Morgan fingerprint density at radius 2 is 2.00 bits per heavy atom. The molecule has 0 radical (unpaired) electrons. The number of thiophene rings is 1. The molecular weight excluding hydrogens is 270 g/mol. The molecule has 0 aliphatic heterocycles. The largest absolute Gasteiger partial charge is 0.489 e. The summed E-state index contributed by atoms with van der Waals surface area (Å²) < 4.78 is 5.70. The van der Waals surface area contributed by atoms with Crippen molar-refractivity contribution in [3.05, 3.63) is 51.7 Å². The van der Waals surface area contributed by atoms with E-state index >= 15 is 0 Å². The molecular formula is C16H19NO2S. The highest BCUT2D eigenvalue weighted by Crippen LogP contribution is 2.18. The second-order valence-electron chi connectivity index (χ2n) is 5.05. The molecule has 1 aromatic heterocycles. The highest BCUT2D eigenvalue weighted by molar-refractivity contribution is 7.12. The van der Waals surface area contributed by atoms with Gasteiger partial charge in [-0.25, -0.2) is 0 Å². The van der Waals surface area contributed by atoms with Crippen LogP contribution in [0.1, 0.15) is 34.6 Å². The van der Waals surface area contributed by atoms with Crippen LogP contribution in [0.5, 0.6) is 5.75 Å². The average molecular weight is 289 g/mol. The molecule has 4 heteroatoms. The van der Waals surface area contributed by atoms with E-state index < -0.39 is 0 Å². The van der Waals surface area contributed by atoms with Gasteiger partial charge in [-0.15, -0.1) is 11.3 Å². The Morgan fingerprint density at radius 1 is 1.30 bits per heavy atom.